The fourth-order valence-electron chi connectivity index (χ4n) is 2.07. The molecule has 0 saturated carbocycles. The molecule has 0 aliphatic rings. The minimum absolute atomic E-state index is 0.463. The Morgan fingerprint density at radius 3 is 2.43 bits per heavy atom. The van der Waals surface area contributed by atoms with E-state index in [0.717, 1.165) is 16.1 Å². The van der Waals surface area contributed by atoms with Gasteiger partial charge in [0.25, 0.3) is 5.89 Å². The van der Waals surface area contributed by atoms with Gasteiger partial charge in [0, 0.05) is 5.56 Å². The molecule has 0 saturated heterocycles. The summed E-state index contributed by atoms with van der Waals surface area (Å²) in [5, 5.41) is 4.54. The Labute approximate surface area is 126 Å². The third-order valence-electron chi connectivity index (χ3n) is 3.27. The van der Waals surface area contributed by atoms with E-state index in [1.807, 2.05) is 19.1 Å². The molecular weight excluding hydrogens is 284 g/mol. The second-order valence-electron chi connectivity index (χ2n) is 5.17. The monoisotopic (exact) mass is 300 g/mol. The van der Waals surface area contributed by atoms with Gasteiger partial charge in [0.1, 0.15) is 4.88 Å². The molecule has 0 aliphatic carbocycles. The van der Waals surface area contributed by atoms with Crippen LogP contribution in [-0.4, -0.2) is 15.1 Å². The van der Waals surface area contributed by atoms with Crippen molar-refractivity contribution in [2.45, 2.75) is 26.7 Å². The molecule has 0 unspecified atom stereocenters. The lowest BCUT2D eigenvalue weighted by molar-refractivity contribution is 0.433. The largest absolute Gasteiger partial charge is 0.375 e. The standard InChI is InChI=1S/C15H16N4OS/c1-8(2)10-4-6-11(7-5-10)13-18-14(20-19-13)12-9(3)17-15(16)21-12/h4-8H,1-3H3,(H2,16,17). The van der Waals surface area contributed by atoms with Crippen molar-refractivity contribution in [2.24, 2.45) is 0 Å². The second kappa shape index (κ2) is 5.29. The van der Waals surface area contributed by atoms with Gasteiger partial charge in [-0.05, 0) is 18.4 Å². The van der Waals surface area contributed by atoms with Crippen LogP contribution in [0.2, 0.25) is 0 Å². The van der Waals surface area contributed by atoms with Gasteiger partial charge in [0.15, 0.2) is 5.13 Å². The summed E-state index contributed by atoms with van der Waals surface area (Å²) in [7, 11) is 0. The molecule has 21 heavy (non-hydrogen) atoms. The zero-order valence-electron chi connectivity index (χ0n) is 12.1. The smallest absolute Gasteiger partial charge is 0.270 e. The van der Waals surface area contributed by atoms with Crippen molar-refractivity contribution in [3.05, 3.63) is 35.5 Å². The number of rotatable bonds is 3. The second-order valence-corrected chi connectivity index (χ2v) is 6.20. The molecule has 6 heteroatoms. The first-order valence-corrected chi connectivity index (χ1v) is 7.53. The summed E-state index contributed by atoms with van der Waals surface area (Å²) in [6, 6.07) is 8.20. The maximum Gasteiger partial charge on any atom is 0.270 e. The minimum Gasteiger partial charge on any atom is -0.375 e. The quantitative estimate of drug-likeness (QED) is 0.794. The van der Waals surface area contributed by atoms with Crippen molar-refractivity contribution in [1.29, 1.82) is 0 Å². The number of aryl methyl sites for hydroxylation is 1. The van der Waals surface area contributed by atoms with Crippen LogP contribution in [0.1, 0.15) is 31.0 Å². The lowest BCUT2D eigenvalue weighted by Crippen LogP contribution is -1.87. The number of thiazole rings is 1. The number of nitrogens with zero attached hydrogens (tertiary/aromatic N) is 3. The molecule has 1 aromatic carbocycles. The van der Waals surface area contributed by atoms with E-state index >= 15 is 0 Å². The minimum atomic E-state index is 0.463. The van der Waals surface area contributed by atoms with Crippen LogP contribution in [0, 0.1) is 6.92 Å². The van der Waals surface area contributed by atoms with Gasteiger partial charge in [-0.25, -0.2) is 4.98 Å². The SMILES string of the molecule is Cc1nc(N)sc1-c1nc(-c2ccc(C(C)C)cc2)no1. The van der Waals surface area contributed by atoms with Crippen molar-refractivity contribution in [3.63, 3.8) is 0 Å². The molecule has 2 aromatic heterocycles. The predicted octanol–water partition coefficient (Wildman–Crippen LogP) is 3.87. The van der Waals surface area contributed by atoms with Gasteiger partial charge in [-0.15, -0.1) is 0 Å². The molecule has 2 heterocycles. The van der Waals surface area contributed by atoms with E-state index in [1.165, 1.54) is 16.9 Å². The van der Waals surface area contributed by atoms with Gasteiger partial charge < -0.3 is 10.3 Å². The molecule has 0 bridgehead atoms. The molecule has 0 spiro atoms. The fourth-order valence-corrected chi connectivity index (χ4v) is 2.82. The third kappa shape index (κ3) is 2.67. The van der Waals surface area contributed by atoms with Crippen LogP contribution in [0.25, 0.3) is 22.2 Å². The topological polar surface area (TPSA) is 77.8 Å². The molecule has 0 amide bonds. The third-order valence-corrected chi connectivity index (χ3v) is 4.24. The van der Waals surface area contributed by atoms with E-state index in [9.17, 15) is 0 Å². The van der Waals surface area contributed by atoms with Crippen LogP contribution in [0.15, 0.2) is 28.8 Å². The Morgan fingerprint density at radius 2 is 1.86 bits per heavy atom. The van der Waals surface area contributed by atoms with Crippen LogP contribution >= 0.6 is 11.3 Å². The van der Waals surface area contributed by atoms with E-state index in [2.05, 4.69) is 41.1 Å². The van der Waals surface area contributed by atoms with Gasteiger partial charge in [0.05, 0.1) is 5.69 Å². The van der Waals surface area contributed by atoms with Crippen molar-refractivity contribution >= 4 is 16.5 Å². The molecule has 0 aliphatic heterocycles. The number of nitrogens with two attached hydrogens (primary N) is 1. The molecule has 0 atom stereocenters. The number of aromatic nitrogens is 3. The predicted molar refractivity (Wildman–Crippen MR) is 84.1 cm³/mol. The Morgan fingerprint density at radius 1 is 1.14 bits per heavy atom. The van der Waals surface area contributed by atoms with Crippen molar-refractivity contribution < 1.29 is 4.52 Å². The van der Waals surface area contributed by atoms with Crippen molar-refractivity contribution in [2.75, 3.05) is 5.73 Å². The first-order chi connectivity index (χ1) is 10.0. The molecule has 2 N–H and O–H groups in total. The van der Waals surface area contributed by atoms with E-state index in [0.29, 0.717) is 22.8 Å². The average molecular weight is 300 g/mol. The van der Waals surface area contributed by atoms with Gasteiger partial charge >= 0.3 is 0 Å². The summed E-state index contributed by atoms with van der Waals surface area (Å²) in [6.45, 7) is 6.21. The lowest BCUT2D eigenvalue weighted by Gasteiger charge is -2.04. The Hall–Kier alpha value is -2.21. The van der Waals surface area contributed by atoms with E-state index in [4.69, 9.17) is 10.3 Å². The fraction of sp³-hybridized carbons (Fsp3) is 0.267. The van der Waals surface area contributed by atoms with Crippen LogP contribution in [0.3, 0.4) is 0 Å². The highest BCUT2D eigenvalue weighted by Gasteiger charge is 2.16. The zero-order valence-corrected chi connectivity index (χ0v) is 12.9. The highest BCUT2D eigenvalue weighted by molar-refractivity contribution is 7.18. The maximum absolute atomic E-state index is 5.70. The number of anilines is 1. The van der Waals surface area contributed by atoms with E-state index in [1.54, 1.807) is 0 Å². The maximum atomic E-state index is 5.70. The van der Waals surface area contributed by atoms with Crippen LogP contribution in [0.4, 0.5) is 5.13 Å². The molecule has 5 nitrogen and oxygen atoms in total. The molecule has 3 aromatic rings. The van der Waals surface area contributed by atoms with Gasteiger partial charge in [-0.1, -0.05) is 54.6 Å². The summed E-state index contributed by atoms with van der Waals surface area (Å²) in [6.07, 6.45) is 0. The lowest BCUT2D eigenvalue weighted by atomic mass is 10.0. The van der Waals surface area contributed by atoms with Crippen LogP contribution < -0.4 is 5.73 Å². The molecule has 0 fully saturated rings. The Kier molecular flexibility index (Phi) is 3.47. The highest BCUT2D eigenvalue weighted by Crippen LogP contribution is 2.31. The summed E-state index contributed by atoms with van der Waals surface area (Å²) >= 11 is 1.35. The summed E-state index contributed by atoms with van der Waals surface area (Å²) in [4.78, 5) is 9.43. The molecular formula is C15H16N4OS. The summed E-state index contributed by atoms with van der Waals surface area (Å²) in [5.41, 5.74) is 8.73. The van der Waals surface area contributed by atoms with E-state index in [-0.39, 0.29) is 0 Å². The number of hydrogen-bond acceptors (Lipinski definition) is 6. The Bertz CT molecular complexity index is 758. The van der Waals surface area contributed by atoms with Gasteiger partial charge in [0.2, 0.25) is 5.82 Å². The zero-order chi connectivity index (χ0) is 15.0. The van der Waals surface area contributed by atoms with Crippen LogP contribution in [0.5, 0.6) is 0 Å². The van der Waals surface area contributed by atoms with Crippen molar-refractivity contribution in [1.82, 2.24) is 15.1 Å². The number of nitrogen functional groups attached to an aromatic ring is 1. The first kappa shape index (κ1) is 13.8. The average Bonchev–Trinajstić information content (AvgIpc) is 3.05. The Balaban J connectivity index is 1.93. The molecule has 3 rings (SSSR count). The number of hydrogen-bond donors (Lipinski definition) is 1. The number of benzene rings is 1. The molecule has 0 radical (unpaired) electrons. The molecule has 108 valence electrons. The van der Waals surface area contributed by atoms with Gasteiger partial charge in [-0.3, -0.25) is 0 Å². The van der Waals surface area contributed by atoms with Crippen LogP contribution in [-0.2, 0) is 0 Å². The van der Waals surface area contributed by atoms with Crippen molar-refractivity contribution in [3.8, 4) is 22.2 Å². The highest BCUT2D eigenvalue weighted by atomic mass is 32.1. The van der Waals surface area contributed by atoms with E-state index < -0.39 is 0 Å². The summed E-state index contributed by atoms with van der Waals surface area (Å²) in [5.74, 6) is 1.54. The summed E-state index contributed by atoms with van der Waals surface area (Å²) < 4.78 is 5.33. The first-order valence-electron chi connectivity index (χ1n) is 6.72. The normalized spacial score (nSPS) is 11.2. The van der Waals surface area contributed by atoms with Gasteiger partial charge in [-0.2, -0.15) is 4.98 Å².